The maximum atomic E-state index is 5.41. The maximum Gasteiger partial charge on any atom is 0.163 e. The lowest BCUT2D eigenvalue weighted by Gasteiger charge is -2.12. The number of ether oxygens (including phenoxy) is 1. The molecular weight excluding hydrogens is 338 g/mol. The van der Waals surface area contributed by atoms with Gasteiger partial charge in [-0.15, -0.1) is 0 Å². The lowest BCUT2D eigenvalue weighted by Crippen LogP contribution is -2.02. The number of fused-ring (bicyclic) bond motifs is 2. The molecule has 5 aromatic rings. The Morgan fingerprint density at radius 3 is 2.70 bits per heavy atom. The minimum absolute atomic E-state index is 0.626. The Balaban J connectivity index is 1.85. The van der Waals surface area contributed by atoms with Crippen LogP contribution in [0.5, 0.6) is 5.75 Å². The molecule has 4 aromatic heterocycles. The van der Waals surface area contributed by atoms with Crippen LogP contribution in [0, 0.1) is 0 Å². The van der Waals surface area contributed by atoms with Crippen LogP contribution >= 0.6 is 0 Å². The van der Waals surface area contributed by atoms with Crippen LogP contribution in [0.25, 0.3) is 39.1 Å². The molecule has 0 saturated heterocycles. The molecule has 0 amide bonds. The predicted octanol–water partition coefficient (Wildman–Crippen LogP) is 4.04. The van der Waals surface area contributed by atoms with Gasteiger partial charge in [-0.25, -0.2) is 9.97 Å². The van der Waals surface area contributed by atoms with Gasteiger partial charge in [0.2, 0.25) is 0 Å². The van der Waals surface area contributed by atoms with Crippen LogP contribution in [0.3, 0.4) is 0 Å². The van der Waals surface area contributed by atoms with Crippen LogP contribution in [-0.2, 0) is 0 Å². The van der Waals surface area contributed by atoms with E-state index in [4.69, 9.17) is 14.7 Å². The number of hydrogen-bond acceptors (Lipinski definition) is 5. The maximum absolute atomic E-state index is 5.41. The summed E-state index contributed by atoms with van der Waals surface area (Å²) in [5, 5.41) is 0.906. The third kappa shape index (κ3) is 2.58. The van der Waals surface area contributed by atoms with E-state index in [0.717, 1.165) is 39.1 Å². The number of methoxy groups -OCH3 is 1. The predicted molar refractivity (Wildman–Crippen MR) is 104 cm³/mol. The van der Waals surface area contributed by atoms with Gasteiger partial charge >= 0.3 is 0 Å². The van der Waals surface area contributed by atoms with Crippen LogP contribution in [-0.4, -0.2) is 31.6 Å². The van der Waals surface area contributed by atoms with Crippen molar-refractivity contribution < 1.29 is 4.74 Å². The second kappa shape index (κ2) is 6.17. The Hall–Kier alpha value is -3.80. The van der Waals surface area contributed by atoms with E-state index in [1.807, 2.05) is 59.3 Å². The molecule has 5 rings (SSSR count). The number of pyridine rings is 2. The molecule has 0 aliphatic heterocycles. The normalized spacial score (nSPS) is 11.1. The van der Waals surface area contributed by atoms with Crippen LogP contribution in [0.15, 0.2) is 73.3 Å². The summed E-state index contributed by atoms with van der Waals surface area (Å²) in [6.45, 7) is 0. The van der Waals surface area contributed by atoms with E-state index in [2.05, 4.69) is 9.97 Å². The summed E-state index contributed by atoms with van der Waals surface area (Å²) in [4.78, 5) is 18.2. The van der Waals surface area contributed by atoms with Gasteiger partial charge in [-0.2, -0.15) is 0 Å². The van der Waals surface area contributed by atoms with Gasteiger partial charge in [0, 0.05) is 35.7 Å². The molecule has 130 valence electrons. The van der Waals surface area contributed by atoms with Crippen LogP contribution in [0.2, 0.25) is 0 Å². The zero-order valence-electron chi connectivity index (χ0n) is 14.6. The molecule has 0 aliphatic carbocycles. The van der Waals surface area contributed by atoms with E-state index in [9.17, 15) is 0 Å². The first-order valence-electron chi connectivity index (χ1n) is 8.52. The van der Waals surface area contributed by atoms with Gasteiger partial charge in [-0.3, -0.25) is 14.5 Å². The SMILES string of the molecule is COc1ccc2nc(-c3cccnc3)nc(-n3ccc4ncccc43)c2c1. The first-order chi connectivity index (χ1) is 13.3. The summed E-state index contributed by atoms with van der Waals surface area (Å²) < 4.78 is 7.44. The zero-order chi connectivity index (χ0) is 18.2. The topological polar surface area (TPSA) is 65.7 Å². The molecule has 0 bridgehead atoms. The third-order valence-corrected chi connectivity index (χ3v) is 4.49. The Bertz CT molecular complexity index is 1260. The Morgan fingerprint density at radius 2 is 1.85 bits per heavy atom. The number of nitrogens with zero attached hydrogens (tertiary/aromatic N) is 5. The standard InChI is InChI=1S/C21H15N5O/c1-27-15-6-7-17-16(12-15)21(25-20(24-17)14-4-2-9-22-13-14)26-11-8-18-19(26)5-3-10-23-18/h2-13H,1H3. The van der Waals surface area contributed by atoms with E-state index in [1.165, 1.54) is 0 Å². The van der Waals surface area contributed by atoms with E-state index < -0.39 is 0 Å². The Labute approximate surface area is 155 Å². The molecule has 0 fully saturated rings. The van der Waals surface area contributed by atoms with Crippen LogP contribution < -0.4 is 4.74 Å². The molecule has 1 aromatic carbocycles. The molecule has 0 aliphatic rings. The summed E-state index contributed by atoms with van der Waals surface area (Å²) >= 11 is 0. The summed E-state index contributed by atoms with van der Waals surface area (Å²) in [7, 11) is 1.65. The summed E-state index contributed by atoms with van der Waals surface area (Å²) in [6.07, 6.45) is 7.27. The summed E-state index contributed by atoms with van der Waals surface area (Å²) in [6, 6.07) is 15.6. The number of rotatable bonds is 3. The van der Waals surface area contributed by atoms with E-state index in [1.54, 1.807) is 25.7 Å². The zero-order valence-corrected chi connectivity index (χ0v) is 14.6. The van der Waals surface area contributed by atoms with Gasteiger partial charge in [0.15, 0.2) is 5.82 Å². The van der Waals surface area contributed by atoms with E-state index in [-0.39, 0.29) is 0 Å². The largest absolute Gasteiger partial charge is 0.497 e. The molecule has 0 atom stereocenters. The fourth-order valence-electron chi connectivity index (χ4n) is 3.18. The first kappa shape index (κ1) is 15.5. The lowest BCUT2D eigenvalue weighted by atomic mass is 10.2. The van der Waals surface area contributed by atoms with Crippen molar-refractivity contribution in [1.29, 1.82) is 0 Å². The van der Waals surface area contributed by atoms with Crippen molar-refractivity contribution in [1.82, 2.24) is 24.5 Å². The second-order valence-electron chi connectivity index (χ2n) is 6.09. The first-order valence-corrected chi connectivity index (χ1v) is 8.52. The molecule has 0 N–H and O–H groups in total. The monoisotopic (exact) mass is 353 g/mol. The van der Waals surface area contributed by atoms with E-state index >= 15 is 0 Å². The molecule has 27 heavy (non-hydrogen) atoms. The van der Waals surface area contributed by atoms with Gasteiger partial charge in [-0.05, 0) is 48.5 Å². The highest BCUT2D eigenvalue weighted by molar-refractivity contribution is 5.90. The molecule has 0 saturated carbocycles. The van der Waals surface area contributed by atoms with Crippen molar-refractivity contribution in [3.05, 3.63) is 73.3 Å². The highest BCUT2D eigenvalue weighted by Crippen LogP contribution is 2.29. The van der Waals surface area contributed by atoms with Crippen molar-refractivity contribution in [2.45, 2.75) is 0 Å². The van der Waals surface area contributed by atoms with Gasteiger partial charge in [0.1, 0.15) is 11.6 Å². The summed E-state index contributed by atoms with van der Waals surface area (Å²) in [5.74, 6) is 2.17. The van der Waals surface area contributed by atoms with Gasteiger partial charge in [0.25, 0.3) is 0 Å². The molecular formula is C21H15N5O. The Kier molecular flexibility index (Phi) is 3.53. The van der Waals surface area contributed by atoms with Gasteiger partial charge in [-0.1, -0.05) is 0 Å². The molecule has 0 radical (unpaired) electrons. The van der Waals surface area contributed by atoms with Crippen molar-refractivity contribution in [3.63, 3.8) is 0 Å². The molecule has 0 unspecified atom stereocenters. The fraction of sp³-hybridized carbons (Fsp3) is 0.0476. The number of aromatic nitrogens is 5. The minimum Gasteiger partial charge on any atom is -0.497 e. The number of benzene rings is 1. The van der Waals surface area contributed by atoms with E-state index in [0.29, 0.717) is 5.82 Å². The van der Waals surface area contributed by atoms with Crippen molar-refractivity contribution in [3.8, 4) is 23.0 Å². The summed E-state index contributed by atoms with van der Waals surface area (Å²) in [5.41, 5.74) is 3.60. The van der Waals surface area contributed by atoms with Gasteiger partial charge in [0.05, 0.1) is 23.7 Å². The van der Waals surface area contributed by atoms with Gasteiger partial charge < -0.3 is 4.74 Å². The second-order valence-corrected chi connectivity index (χ2v) is 6.09. The van der Waals surface area contributed by atoms with Crippen LogP contribution in [0.4, 0.5) is 0 Å². The molecule has 4 heterocycles. The lowest BCUT2D eigenvalue weighted by molar-refractivity contribution is 0.415. The van der Waals surface area contributed by atoms with Crippen molar-refractivity contribution in [2.75, 3.05) is 7.11 Å². The highest BCUT2D eigenvalue weighted by Gasteiger charge is 2.14. The van der Waals surface area contributed by atoms with Crippen molar-refractivity contribution >= 4 is 21.9 Å². The fourth-order valence-corrected chi connectivity index (χ4v) is 3.18. The van der Waals surface area contributed by atoms with Crippen molar-refractivity contribution in [2.24, 2.45) is 0 Å². The number of hydrogen-bond donors (Lipinski definition) is 0. The molecule has 6 heteroatoms. The minimum atomic E-state index is 0.626. The molecule has 0 spiro atoms. The highest BCUT2D eigenvalue weighted by atomic mass is 16.5. The van der Waals surface area contributed by atoms with Crippen LogP contribution in [0.1, 0.15) is 0 Å². The smallest absolute Gasteiger partial charge is 0.163 e. The third-order valence-electron chi connectivity index (χ3n) is 4.49. The average Bonchev–Trinajstić information content (AvgIpc) is 3.17. The average molecular weight is 353 g/mol. The quantitative estimate of drug-likeness (QED) is 0.490. The molecule has 6 nitrogen and oxygen atoms in total. The Morgan fingerprint density at radius 1 is 0.926 bits per heavy atom.